The molecule has 0 spiro atoms. The predicted molar refractivity (Wildman–Crippen MR) is 98.1 cm³/mol. The van der Waals surface area contributed by atoms with Gasteiger partial charge < -0.3 is 9.47 Å². The number of carbonyl (C=O) groups excluding carboxylic acids is 1. The predicted octanol–water partition coefficient (Wildman–Crippen LogP) is 2.94. The number of benzene rings is 1. The summed E-state index contributed by atoms with van der Waals surface area (Å²) < 4.78 is 1.59. The van der Waals surface area contributed by atoms with Crippen LogP contribution in [-0.2, 0) is 11.3 Å². The number of rotatable bonds is 4. The van der Waals surface area contributed by atoms with E-state index in [1.54, 1.807) is 16.8 Å². The van der Waals surface area contributed by atoms with Gasteiger partial charge in [0.05, 0.1) is 6.04 Å². The van der Waals surface area contributed by atoms with Gasteiger partial charge in [0.1, 0.15) is 0 Å². The van der Waals surface area contributed by atoms with Gasteiger partial charge in [-0.25, -0.2) is 0 Å². The van der Waals surface area contributed by atoms with E-state index in [-0.39, 0.29) is 17.5 Å². The minimum atomic E-state index is -0.0625. The van der Waals surface area contributed by atoms with Crippen molar-refractivity contribution in [2.45, 2.75) is 31.2 Å². The summed E-state index contributed by atoms with van der Waals surface area (Å²) in [5.41, 5.74) is 1.12. The van der Waals surface area contributed by atoms with Crippen molar-refractivity contribution >= 4 is 17.7 Å². The van der Waals surface area contributed by atoms with Crippen LogP contribution >= 0.6 is 11.8 Å². The van der Waals surface area contributed by atoms with Crippen molar-refractivity contribution in [3.05, 3.63) is 70.6 Å². The maximum absolute atomic E-state index is 12.8. The van der Waals surface area contributed by atoms with Crippen molar-refractivity contribution in [1.82, 2.24) is 9.47 Å². The summed E-state index contributed by atoms with van der Waals surface area (Å²) in [6, 6.07) is 15.4. The maximum Gasteiger partial charge on any atom is 0.250 e. The van der Waals surface area contributed by atoms with Crippen LogP contribution in [-0.4, -0.2) is 32.9 Å². The number of carbonyl (C=O) groups is 1. The van der Waals surface area contributed by atoms with E-state index in [2.05, 4.69) is 19.1 Å². The number of thioether (sulfide) groups is 1. The molecule has 2 atom stereocenters. The number of nitrogens with zero attached hydrogens (tertiary/aromatic N) is 2. The first-order valence-electron chi connectivity index (χ1n) is 8.28. The average molecular weight is 342 g/mol. The van der Waals surface area contributed by atoms with Gasteiger partial charge in [0.2, 0.25) is 5.91 Å². The molecule has 0 radical (unpaired) electrons. The van der Waals surface area contributed by atoms with Gasteiger partial charge in [0.25, 0.3) is 5.56 Å². The lowest BCUT2D eigenvalue weighted by atomic mass is 10.0. The molecule has 1 saturated heterocycles. The lowest BCUT2D eigenvalue weighted by Crippen LogP contribution is -2.44. The van der Waals surface area contributed by atoms with Crippen LogP contribution in [0.3, 0.4) is 0 Å². The molecule has 0 bridgehead atoms. The quantitative estimate of drug-likeness (QED) is 0.858. The molecule has 1 fully saturated rings. The Morgan fingerprint density at radius 1 is 1.17 bits per heavy atom. The molecule has 4 nitrogen and oxygen atoms in total. The second-order valence-electron chi connectivity index (χ2n) is 6.00. The summed E-state index contributed by atoms with van der Waals surface area (Å²) in [7, 11) is 0. The lowest BCUT2D eigenvalue weighted by molar-refractivity contribution is -0.133. The molecule has 1 aromatic heterocycles. The molecular weight excluding hydrogens is 320 g/mol. The second-order valence-corrected chi connectivity index (χ2v) is 7.49. The highest BCUT2D eigenvalue weighted by Gasteiger charge is 2.33. The SMILES string of the molecule is C[C@@H]1SCCN(C(=O)CCn2ccccc2=O)[C@@H]1c1ccccc1. The summed E-state index contributed by atoms with van der Waals surface area (Å²) in [5.74, 6) is 1.08. The molecule has 0 N–H and O–H groups in total. The first-order chi connectivity index (χ1) is 11.7. The number of aromatic nitrogens is 1. The van der Waals surface area contributed by atoms with Crippen molar-refractivity contribution in [3.63, 3.8) is 0 Å². The molecule has 1 aliphatic heterocycles. The van der Waals surface area contributed by atoms with Gasteiger partial charge in [-0.2, -0.15) is 11.8 Å². The molecule has 0 unspecified atom stereocenters. The third-order valence-corrected chi connectivity index (χ3v) is 5.62. The van der Waals surface area contributed by atoms with Crippen LogP contribution < -0.4 is 5.56 Å². The molecular formula is C19H22N2O2S. The third kappa shape index (κ3) is 3.73. The number of hydrogen-bond donors (Lipinski definition) is 0. The van der Waals surface area contributed by atoms with Crippen molar-refractivity contribution in [2.75, 3.05) is 12.3 Å². The Balaban J connectivity index is 1.74. The number of aryl methyl sites for hydroxylation is 1. The van der Waals surface area contributed by atoms with Crippen molar-refractivity contribution in [3.8, 4) is 0 Å². The Bertz CT molecular complexity index is 744. The fourth-order valence-corrected chi connectivity index (χ4v) is 4.37. The van der Waals surface area contributed by atoms with Crippen molar-refractivity contribution < 1.29 is 4.79 Å². The number of hydrogen-bond acceptors (Lipinski definition) is 3. The van der Waals surface area contributed by atoms with Crippen LogP contribution in [0.15, 0.2) is 59.5 Å². The van der Waals surface area contributed by atoms with Crippen molar-refractivity contribution in [2.24, 2.45) is 0 Å². The van der Waals surface area contributed by atoms with Gasteiger partial charge in [-0.15, -0.1) is 0 Å². The van der Waals surface area contributed by atoms with E-state index >= 15 is 0 Å². The summed E-state index contributed by atoms with van der Waals surface area (Å²) in [6.45, 7) is 3.37. The Kier molecular flexibility index (Phi) is 5.41. The second kappa shape index (κ2) is 7.71. The van der Waals surface area contributed by atoms with Crippen LogP contribution in [0.25, 0.3) is 0 Å². The van der Waals surface area contributed by atoms with Crippen LogP contribution in [0.1, 0.15) is 24.9 Å². The summed E-state index contributed by atoms with van der Waals surface area (Å²) in [5, 5.41) is 0.365. The van der Waals surface area contributed by atoms with Gasteiger partial charge >= 0.3 is 0 Å². The monoisotopic (exact) mass is 342 g/mol. The molecule has 1 amide bonds. The largest absolute Gasteiger partial charge is 0.334 e. The van der Waals surface area contributed by atoms with E-state index < -0.39 is 0 Å². The lowest BCUT2D eigenvalue weighted by Gasteiger charge is -2.40. The third-order valence-electron chi connectivity index (χ3n) is 4.42. The fraction of sp³-hybridized carbons (Fsp3) is 0.368. The highest BCUT2D eigenvalue weighted by molar-refractivity contribution is 8.00. The van der Waals surface area contributed by atoms with Crippen molar-refractivity contribution in [1.29, 1.82) is 0 Å². The van der Waals surface area contributed by atoms with E-state index in [0.29, 0.717) is 18.2 Å². The zero-order valence-electron chi connectivity index (χ0n) is 13.8. The van der Waals surface area contributed by atoms with E-state index in [1.807, 2.05) is 40.9 Å². The van der Waals surface area contributed by atoms with Gasteiger partial charge in [0.15, 0.2) is 0 Å². The Morgan fingerprint density at radius 3 is 2.67 bits per heavy atom. The summed E-state index contributed by atoms with van der Waals surface area (Å²) in [4.78, 5) is 26.6. The molecule has 24 heavy (non-hydrogen) atoms. The fourth-order valence-electron chi connectivity index (χ4n) is 3.21. The summed E-state index contributed by atoms with van der Waals surface area (Å²) in [6.07, 6.45) is 2.09. The smallest absolute Gasteiger partial charge is 0.250 e. The van der Waals surface area contributed by atoms with E-state index in [1.165, 1.54) is 11.6 Å². The molecule has 5 heteroatoms. The number of amides is 1. The zero-order chi connectivity index (χ0) is 16.9. The minimum absolute atomic E-state index is 0.0625. The van der Waals surface area contributed by atoms with E-state index in [4.69, 9.17) is 0 Å². The average Bonchev–Trinajstić information content (AvgIpc) is 2.61. The maximum atomic E-state index is 12.8. The van der Waals surface area contributed by atoms with E-state index in [0.717, 1.165) is 12.3 Å². The molecule has 1 aliphatic rings. The van der Waals surface area contributed by atoms with Gasteiger partial charge in [-0.3, -0.25) is 9.59 Å². The summed E-state index contributed by atoms with van der Waals surface area (Å²) >= 11 is 1.91. The molecule has 126 valence electrons. The molecule has 0 aliphatic carbocycles. The molecule has 2 aromatic rings. The topological polar surface area (TPSA) is 42.3 Å². The van der Waals surface area contributed by atoms with Gasteiger partial charge in [-0.1, -0.05) is 43.3 Å². The Labute approximate surface area is 146 Å². The molecule has 2 heterocycles. The molecule has 0 saturated carbocycles. The number of pyridine rings is 1. The van der Waals surface area contributed by atoms with Crippen LogP contribution in [0.2, 0.25) is 0 Å². The molecule has 1 aromatic carbocycles. The van der Waals surface area contributed by atoms with Gasteiger partial charge in [-0.05, 0) is 11.6 Å². The van der Waals surface area contributed by atoms with Crippen LogP contribution in [0, 0.1) is 0 Å². The first-order valence-corrected chi connectivity index (χ1v) is 9.33. The van der Waals surface area contributed by atoms with Crippen LogP contribution in [0.4, 0.5) is 0 Å². The zero-order valence-corrected chi connectivity index (χ0v) is 14.6. The highest BCUT2D eigenvalue weighted by Crippen LogP contribution is 2.36. The van der Waals surface area contributed by atoms with E-state index in [9.17, 15) is 9.59 Å². The molecule has 3 rings (SSSR count). The van der Waals surface area contributed by atoms with Crippen LogP contribution in [0.5, 0.6) is 0 Å². The standard InChI is InChI=1S/C19H22N2O2S/c1-15-19(16-7-3-2-4-8-16)21(13-14-24-15)18(23)10-12-20-11-6-5-9-17(20)22/h2-9,11,15,19H,10,12-14H2,1H3/t15-,19-/m0/s1. The Hall–Kier alpha value is -2.01. The first kappa shape index (κ1) is 16.8. The highest BCUT2D eigenvalue weighted by atomic mass is 32.2. The Morgan fingerprint density at radius 2 is 1.92 bits per heavy atom. The van der Waals surface area contributed by atoms with Gasteiger partial charge in [0, 0.05) is 42.8 Å². The normalized spacial score (nSPS) is 20.8. The minimum Gasteiger partial charge on any atom is -0.334 e.